The molecule has 5 aromatic carbocycles. The first-order valence-corrected chi connectivity index (χ1v) is 35.8. The first-order chi connectivity index (χ1) is 54.6. The highest BCUT2D eigenvalue weighted by Crippen LogP contribution is 2.38. The Balaban J connectivity index is 0.000000126. The molecule has 0 atom stereocenters. The van der Waals surface area contributed by atoms with Crippen LogP contribution in [0.2, 0.25) is 0 Å². The van der Waals surface area contributed by atoms with Crippen LogP contribution in [0.4, 0.5) is 0 Å². The van der Waals surface area contributed by atoms with Gasteiger partial charge in [-0.2, -0.15) is 0 Å². The van der Waals surface area contributed by atoms with E-state index in [1.54, 1.807) is 75.1 Å². The smallest absolute Gasteiger partial charge is 0.134 e. The predicted molar refractivity (Wildman–Crippen MR) is 449 cm³/mol. The third kappa shape index (κ3) is 20.2. The van der Waals surface area contributed by atoms with Gasteiger partial charge in [0, 0.05) is 193 Å². The Morgan fingerprint density at radius 1 is 0.193 bits per heavy atom. The Morgan fingerprint density at radius 2 is 0.570 bits per heavy atom. The number of rotatable bonds is 4. The third-order valence-electron chi connectivity index (χ3n) is 18.5. The molecular formula is C94H86N20. The molecule has 0 N–H and O–H groups in total. The number of pyridine rings is 4. The summed E-state index contributed by atoms with van der Waals surface area (Å²) in [5.41, 5.74) is 31.4. The fourth-order valence-corrected chi connectivity index (χ4v) is 13.3. The molecule has 0 radical (unpaired) electrons. The van der Waals surface area contributed by atoms with Gasteiger partial charge in [0.25, 0.3) is 0 Å². The van der Waals surface area contributed by atoms with Crippen molar-refractivity contribution in [1.29, 1.82) is 0 Å². The van der Waals surface area contributed by atoms with Crippen molar-refractivity contribution in [2.45, 2.75) is 81.1 Å². The molecule has 20 nitrogen and oxygen atoms in total. The van der Waals surface area contributed by atoms with Crippen LogP contribution in [-0.2, 0) is 51.4 Å². The fourth-order valence-electron chi connectivity index (χ4n) is 13.3. The van der Waals surface area contributed by atoms with Crippen molar-refractivity contribution in [3.05, 3.63) is 421 Å². The normalized spacial score (nSPS) is 11.1. The molecule has 23 rings (SSSR count). The van der Waals surface area contributed by atoms with Gasteiger partial charge in [-0.1, -0.05) is 187 Å². The van der Waals surface area contributed by atoms with E-state index in [0.29, 0.717) is 6.42 Å². The van der Waals surface area contributed by atoms with Gasteiger partial charge in [0.05, 0.1) is 45.6 Å². The highest BCUT2D eigenvalue weighted by Gasteiger charge is 2.25. The molecule has 0 aliphatic heterocycles. The first kappa shape index (κ1) is 80.4. The van der Waals surface area contributed by atoms with Crippen LogP contribution in [0.5, 0.6) is 0 Å². The minimum absolute atomic E-state index is 0. The molecule has 0 fully saturated rings. The molecule has 6 aliphatic carbocycles. The molecule has 0 saturated carbocycles. The quantitative estimate of drug-likeness (QED) is 0.159. The van der Waals surface area contributed by atoms with E-state index in [1.807, 2.05) is 135 Å². The van der Waals surface area contributed by atoms with Crippen LogP contribution >= 0.6 is 0 Å². The van der Waals surface area contributed by atoms with E-state index < -0.39 is 0 Å². The molecular weight excluding hydrogens is 1410 g/mol. The van der Waals surface area contributed by atoms with E-state index in [1.165, 1.54) is 66.8 Å². The Kier molecular flexibility index (Phi) is 28.7. The maximum Gasteiger partial charge on any atom is 0.134 e. The van der Waals surface area contributed by atoms with Crippen molar-refractivity contribution in [3.63, 3.8) is 0 Å². The van der Waals surface area contributed by atoms with Gasteiger partial charge < -0.3 is 0 Å². The monoisotopic (exact) mass is 1490 g/mol. The van der Waals surface area contributed by atoms with Crippen LogP contribution in [0.25, 0.3) is 67.7 Å². The average molecular weight is 1500 g/mol. The zero-order valence-corrected chi connectivity index (χ0v) is 59.8. The van der Waals surface area contributed by atoms with Crippen molar-refractivity contribution < 1.29 is 0 Å². The lowest BCUT2D eigenvalue weighted by Gasteiger charge is -2.00. The summed E-state index contributed by atoms with van der Waals surface area (Å²) in [5.74, 6) is 0.807. The highest BCUT2D eigenvalue weighted by molar-refractivity contribution is 5.77. The van der Waals surface area contributed by atoms with Gasteiger partial charge in [-0.25, -0.2) is 69.8 Å². The summed E-state index contributed by atoms with van der Waals surface area (Å²) in [7, 11) is 0. The number of nitrogens with zero attached hydrogens (tertiary/aromatic N) is 20. The van der Waals surface area contributed by atoms with Crippen molar-refractivity contribution >= 4 is 0 Å². The Labute approximate surface area is 665 Å². The fraction of sp³-hybridized carbons (Fsp3) is 0.128. The molecule has 12 heterocycles. The molecule has 0 unspecified atom stereocenters. The topological polar surface area (TPSA) is 258 Å². The summed E-state index contributed by atoms with van der Waals surface area (Å²) >= 11 is 0. The van der Waals surface area contributed by atoms with Gasteiger partial charge in [-0.05, 0) is 93.7 Å². The van der Waals surface area contributed by atoms with Crippen LogP contribution in [0.1, 0.15) is 119 Å². The third-order valence-corrected chi connectivity index (χ3v) is 18.5. The van der Waals surface area contributed by atoms with E-state index >= 15 is 0 Å². The number of aromatic nitrogens is 20. The second-order valence-electron chi connectivity index (χ2n) is 25.6. The molecule has 0 spiro atoms. The summed E-state index contributed by atoms with van der Waals surface area (Å²) in [6.45, 7) is 0. The van der Waals surface area contributed by atoms with Gasteiger partial charge >= 0.3 is 0 Å². The van der Waals surface area contributed by atoms with Crippen molar-refractivity contribution in [2.24, 2.45) is 0 Å². The number of fused-ring (bicyclic) bond motifs is 18. The Hall–Kier alpha value is -14.7. The van der Waals surface area contributed by atoms with Crippen molar-refractivity contribution in [3.8, 4) is 67.7 Å². The van der Waals surface area contributed by atoms with Crippen LogP contribution in [0.15, 0.2) is 331 Å². The van der Waals surface area contributed by atoms with E-state index in [2.05, 4.69) is 221 Å². The summed E-state index contributed by atoms with van der Waals surface area (Å²) < 4.78 is 0. The van der Waals surface area contributed by atoms with Crippen LogP contribution in [-0.4, -0.2) is 99.7 Å². The second kappa shape index (κ2) is 40.7. The van der Waals surface area contributed by atoms with Gasteiger partial charge in [-0.15, -0.1) is 0 Å². The van der Waals surface area contributed by atoms with Crippen LogP contribution in [0, 0.1) is 0 Å². The van der Waals surface area contributed by atoms with Crippen LogP contribution in [0.3, 0.4) is 0 Å². The Morgan fingerprint density at radius 3 is 1.13 bits per heavy atom. The van der Waals surface area contributed by atoms with Crippen molar-refractivity contribution in [1.82, 2.24) is 99.7 Å². The number of hydrogen-bond acceptors (Lipinski definition) is 20. The molecule has 12 aromatic heterocycles. The van der Waals surface area contributed by atoms with E-state index in [-0.39, 0.29) is 29.7 Å². The van der Waals surface area contributed by atoms with Gasteiger partial charge in [-0.3, -0.25) is 29.9 Å². The van der Waals surface area contributed by atoms with E-state index in [4.69, 9.17) is 0 Å². The summed E-state index contributed by atoms with van der Waals surface area (Å²) in [5, 5.41) is 0. The highest BCUT2D eigenvalue weighted by atomic mass is 14.9. The molecule has 17 aromatic rings. The van der Waals surface area contributed by atoms with Crippen LogP contribution < -0.4 is 0 Å². The minimum atomic E-state index is 0. The Bertz CT molecular complexity index is 4720. The molecule has 562 valence electrons. The lowest BCUT2D eigenvalue weighted by atomic mass is 10.1. The van der Waals surface area contributed by atoms with E-state index in [0.717, 1.165) is 136 Å². The maximum absolute atomic E-state index is 4.30. The minimum Gasteiger partial charge on any atom is -0.264 e. The largest absolute Gasteiger partial charge is 0.264 e. The number of hydrogen-bond donors (Lipinski definition) is 0. The molecule has 0 bridgehead atoms. The molecule has 114 heavy (non-hydrogen) atoms. The predicted octanol–water partition coefficient (Wildman–Crippen LogP) is 18.2. The summed E-state index contributed by atoms with van der Waals surface area (Å²) in [4.78, 5) is 82.8. The lowest BCUT2D eigenvalue weighted by molar-refractivity contribution is 0.935. The summed E-state index contributed by atoms with van der Waals surface area (Å²) in [6, 6.07) is 65.8. The van der Waals surface area contributed by atoms with Gasteiger partial charge in [0.15, 0.2) is 0 Å². The zero-order valence-electron chi connectivity index (χ0n) is 59.8. The SMILES string of the molecule is C.C.C.C.c1cc2c(cn1)-c1cncnc1C2.c1ccc(Cc2ccccc2)cc1.c1ccc(Cc2ncccn2)nc1.c1ccc2c(c1)Cc1ccncc1-2.c1ccc2c(c1)Cc1cncnc1-2.c1ccccc1.c1cnc2c(c1)Cc1nccnc1-2.c1ncc2c(n1)-c1ncncc1C2.c1ncc2c(n1)-c1ncncc1C2. The average Bonchev–Trinajstić information content (AvgIpc) is 1.69. The first-order valence-electron chi connectivity index (χ1n) is 35.8. The zero-order chi connectivity index (χ0) is 74.1. The molecule has 0 amide bonds. The number of benzene rings is 5. The van der Waals surface area contributed by atoms with Gasteiger partial charge in [0.1, 0.15) is 49.5 Å². The molecule has 0 saturated heterocycles. The molecule has 20 heteroatoms. The van der Waals surface area contributed by atoms with Gasteiger partial charge in [0.2, 0.25) is 0 Å². The molecule has 6 aliphatic rings. The van der Waals surface area contributed by atoms with Crippen molar-refractivity contribution in [2.75, 3.05) is 0 Å². The lowest BCUT2D eigenvalue weighted by Crippen LogP contribution is -1.96. The second-order valence-corrected chi connectivity index (χ2v) is 25.6. The summed E-state index contributed by atoms with van der Waals surface area (Å²) in [6.07, 6.45) is 45.8. The van der Waals surface area contributed by atoms with E-state index in [9.17, 15) is 0 Å². The standard InChI is InChI=1S/C13H12.C12H9N.C11H8N2.2C10H7N3.C10H9N3.2C9H6N4.C6H6.4CH4/c1-3-7-12(8-4-1)11-13-9-5-2-6-10-13;1-2-4-11-9(3-1)7-10-5-6-13-8-12(10)11;1-2-4-10-8(3-1)5-9-6-12-7-13-11(9)10;1-2-11-4-8-7(1)3-10-9(8)5-12-6-13-10;1-2-7-6-8-10(9(7)12-3-1)13-5-4-11-8;1-2-5-11-9(4-1)8-10-12-6-3-7-13-10;2*1-6-2-10-4-12-8(6)9-7(1)3-11-5-13-9;1-2-4-6-5-3-1;;;;/h1-10H,11H2;1-6,8H,7H2;1-4,6-7H,5H2;1-2,4-6H,3H2;1-5H,6H2;1-7H,8H2;2*2-5H,1H2;1-6H;4*1H4. The maximum atomic E-state index is 4.30.